The fourth-order valence-electron chi connectivity index (χ4n) is 4.15. The van der Waals surface area contributed by atoms with Crippen molar-refractivity contribution >= 4 is 11.7 Å². The molecule has 36 heavy (non-hydrogen) atoms. The van der Waals surface area contributed by atoms with Gasteiger partial charge in [-0.3, -0.25) is 9.78 Å². The van der Waals surface area contributed by atoms with Gasteiger partial charge in [-0.05, 0) is 63.6 Å². The minimum Gasteiger partial charge on any atom is -0.363 e. The third kappa shape index (κ3) is 4.40. The van der Waals surface area contributed by atoms with E-state index < -0.39 is 29.3 Å². The number of alkyl halides is 3. The van der Waals surface area contributed by atoms with Crippen molar-refractivity contribution in [3.8, 4) is 11.1 Å². The lowest BCUT2D eigenvalue weighted by Crippen LogP contribution is -2.37. The average Bonchev–Trinajstić information content (AvgIpc) is 3.16. The molecule has 2 aromatic heterocycles. The van der Waals surface area contributed by atoms with Crippen molar-refractivity contribution in [1.29, 1.82) is 0 Å². The molecule has 0 unspecified atom stereocenters. The van der Waals surface area contributed by atoms with Crippen LogP contribution < -0.4 is 5.32 Å². The molecule has 1 aliphatic rings. The fourth-order valence-corrected chi connectivity index (χ4v) is 4.15. The zero-order chi connectivity index (χ0) is 26.4. The molecule has 1 atom stereocenters. The molecule has 0 bridgehead atoms. The molecule has 0 saturated heterocycles. The first kappa shape index (κ1) is 25.5. The summed E-state index contributed by atoms with van der Waals surface area (Å²) in [4.78, 5) is 22.2. The molecule has 1 N–H and O–H groups in total. The van der Waals surface area contributed by atoms with Crippen molar-refractivity contribution in [2.24, 2.45) is 0 Å². The molecular formula is C26H25F5N4O. The Morgan fingerprint density at radius 2 is 1.72 bits per heavy atom. The lowest BCUT2D eigenvalue weighted by molar-refractivity contribution is -0.181. The highest BCUT2D eigenvalue weighted by atomic mass is 19.4. The number of pyridine rings is 2. The number of nitrogens with one attached hydrogen (secondary N) is 1. The first-order valence-electron chi connectivity index (χ1n) is 11.4. The van der Waals surface area contributed by atoms with Gasteiger partial charge < -0.3 is 10.2 Å². The van der Waals surface area contributed by atoms with E-state index >= 15 is 8.78 Å². The predicted octanol–water partition coefficient (Wildman–Crippen LogP) is 6.41. The lowest BCUT2D eigenvalue weighted by atomic mass is 9.86. The Morgan fingerprint density at radius 1 is 1.03 bits per heavy atom. The first-order chi connectivity index (χ1) is 16.8. The molecule has 0 spiro atoms. The number of carbonyl (C=O) groups is 1. The summed E-state index contributed by atoms with van der Waals surface area (Å²) in [5, 5.41) is 3.06. The van der Waals surface area contributed by atoms with Gasteiger partial charge in [0.05, 0.1) is 18.3 Å². The number of nitrogens with zero attached hydrogens (tertiary/aromatic N) is 3. The third-order valence-corrected chi connectivity index (χ3v) is 6.63. The fraction of sp³-hybridized carbons (Fsp3) is 0.346. The third-order valence-electron chi connectivity index (χ3n) is 6.63. The quantitative estimate of drug-likeness (QED) is 0.394. The monoisotopic (exact) mass is 504 g/mol. The second kappa shape index (κ2) is 9.15. The number of benzene rings is 1. The summed E-state index contributed by atoms with van der Waals surface area (Å²) in [5.41, 5.74) is -1.45. The molecule has 10 heteroatoms. The van der Waals surface area contributed by atoms with Gasteiger partial charge in [-0.2, -0.15) is 13.2 Å². The van der Waals surface area contributed by atoms with Crippen LogP contribution in [0.15, 0.2) is 42.7 Å². The first-order valence-corrected chi connectivity index (χ1v) is 11.4. The maximum Gasteiger partial charge on any atom is 0.399 e. The summed E-state index contributed by atoms with van der Waals surface area (Å²) < 4.78 is 70.7. The summed E-state index contributed by atoms with van der Waals surface area (Å²) in [5.74, 6) is -1.24. The highest BCUT2D eigenvalue weighted by Crippen LogP contribution is 2.41. The van der Waals surface area contributed by atoms with Gasteiger partial charge in [-0.1, -0.05) is 0 Å². The van der Waals surface area contributed by atoms with Crippen molar-refractivity contribution in [2.75, 3.05) is 11.9 Å². The summed E-state index contributed by atoms with van der Waals surface area (Å²) >= 11 is 0. The molecule has 3 heterocycles. The van der Waals surface area contributed by atoms with Crippen LogP contribution in [0.2, 0.25) is 0 Å². The van der Waals surface area contributed by atoms with Crippen LogP contribution in [-0.2, 0) is 12.0 Å². The van der Waals surface area contributed by atoms with E-state index in [1.54, 1.807) is 17.9 Å². The molecular weight excluding hydrogens is 479 g/mol. The molecule has 3 aromatic rings. The number of carbonyl (C=O) groups excluding carboxylic acids is 1. The number of hydrogen-bond acceptors (Lipinski definition) is 4. The van der Waals surface area contributed by atoms with Gasteiger partial charge in [-0.25, -0.2) is 13.8 Å². The summed E-state index contributed by atoms with van der Waals surface area (Å²) in [6.07, 6.45) is -1.94. The SMILES string of the molecule is CCN1Cc2c(ccnc2N[C@@H](C)c2cc(F)c(-c3ccnc(C(C)(C)C(F)(F)F)c3)cc2F)C1=O. The molecule has 1 aromatic carbocycles. The molecule has 1 aliphatic heterocycles. The highest BCUT2D eigenvalue weighted by molar-refractivity contribution is 5.99. The van der Waals surface area contributed by atoms with Gasteiger partial charge >= 0.3 is 6.18 Å². The Hall–Kier alpha value is -3.56. The van der Waals surface area contributed by atoms with Crippen LogP contribution in [0.5, 0.6) is 0 Å². The number of halogens is 5. The van der Waals surface area contributed by atoms with Crippen molar-refractivity contribution in [3.63, 3.8) is 0 Å². The summed E-state index contributed by atoms with van der Waals surface area (Å²) in [6.45, 7) is 6.34. The van der Waals surface area contributed by atoms with Gasteiger partial charge in [0.25, 0.3) is 5.91 Å². The van der Waals surface area contributed by atoms with Crippen LogP contribution in [0.3, 0.4) is 0 Å². The Kier molecular flexibility index (Phi) is 6.49. The van der Waals surface area contributed by atoms with E-state index in [1.807, 2.05) is 6.92 Å². The van der Waals surface area contributed by atoms with E-state index in [9.17, 15) is 18.0 Å². The van der Waals surface area contributed by atoms with Crippen LogP contribution >= 0.6 is 0 Å². The van der Waals surface area contributed by atoms with Crippen LogP contribution in [0.4, 0.5) is 27.8 Å². The van der Waals surface area contributed by atoms with Gasteiger partial charge in [0, 0.05) is 41.2 Å². The van der Waals surface area contributed by atoms with Crippen LogP contribution in [-0.4, -0.2) is 33.5 Å². The normalized spacial score (nSPS) is 14.7. The Labute approximate surface area is 205 Å². The maximum absolute atomic E-state index is 15.2. The average molecular weight is 505 g/mol. The Morgan fingerprint density at radius 3 is 2.39 bits per heavy atom. The van der Waals surface area contributed by atoms with Gasteiger partial charge in [0.1, 0.15) is 22.9 Å². The molecule has 0 radical (unpaired) electrons. The molecule has 0 fully saturated rings. The van der Waals surface area contributed by atoms with Crippen molar-refractivity contribution in [2.45, 2.75) is 51.9 Å². The summed E-state index contributed by atoms with van der Waals surface area (Å²) in [7, 11) is 0. The number of anilines is 1. The Bertz CT molecular complexity index is 1320. The Balaban J connectivity index is 1.64. The molecule has 4 rings (SSSR count). The molecule has 5 nitrogen and oxygen atoms in total. The highest BCUT2D eigenvalue weighted by Gasteiger charge is 2.49. The van der Waals surface area contributed by atoms with Gasteiger partial charge in [0.2, 0.25) is 0 Å². The number of fused-ring (bicyclic) bond motifs is 1. The molecule has 190 valence electrons. The van der Waals surface area contributed by atoms with E-state index in [-0.39, 0.29) is 28.3 Å². The van der Waals surface area contributed by atoms with Crippen molar-refractivity contribution < 1.29 is 26.7 Å². The summed E-state index contributed by atoms with van der Waals surface area (Å²) in [6, 6.07) is 5.36. The topological polar surface area (TPSA) is 58.1 Å². The minimum atomic E-state index is -4.57. The molecule has 1 amide bonds. The largest absolute Gasteiger partial charge is 0.399 e. The van der Waals surface area contributed by atoms with Gasteiger partial charge in [-0.15, -0.1) is 0 Å². The zero-order valence-electron chi connectivity index (χ0n) is 20.2. The minimum absolute atomic E-state index is 0.0113. The maximum atomic E-state index is 15.2. The van der Waals surface area contributed by atoms with Crippen LogP contribution in [0.1, 0.15) is 60.9 Å². The number of hydrogen-bond donors (Lipinski definition) is 1. The smallest absolute Gasteiger partial charge is 0.363 e. The second-order valence-electron chi connectivity index (χ2n) is 9.28. The number of rotatable bonds is 6. The predicted molar refractivity (Wildman–Crippen MR) is 125 cm³/mol. The van der Waals surface area contributed by atoms with Crippen LogP contribution in [0, 0.1) is 11.6 Å². The van der Waals surface area contributed by atoms with Crippen molar-refractivity contribution in [1.82, 2.24) is 14.9 Å². The van der Waals surface area contributed by atoms with E-state index in [4.69, 9.17) is 0 Å². The number of aromatic nitrogens is 2. The molecule has 0 saturated carbocycles. The second-order valence-corrected chi connectivity index (χ2v) is 9.28. The molecule has 0 aliphatic carbocycles. The number of amides is 1. The van der Waals surface area contributed by atoms with E-state index in [0.717, 1.165) is 38.2 Å². The standard InChI is InChI=1S/C26H25F5N4O/c1-5-35-13-19-16(24(35)36)7-9-33-23(19)34-14(2)17-11-21(28)18(12-20(17)27)15-6-8-32-22(10-15)25(3,4)26(29,30)31/h6-12,14H,5,13H2,1-4H3,(H,33,34)/t14-/m0/s1. The van der Waals surface area contributed by atoms with E-state index in [2.05, 4.69) is 15.3 Å². The van der Waals surface area contributed by atoms with Crippen molar-refractivity contribution in [3.05, 3.63) is 76.7 Å². The van der Waals surface area contributed by atoms with Gasteiger partial charge in [0.15, 0.2) is 0 Å². The lowest BCUT2D eigenvalue weighted by Gasteiger charge is -2.27. The zero-order valence-corrected chi connectivity index (χ0v) is 20.2. The van der Waals surface area contributed by atoms with Crippen LogP contribution in [0.25, 0.3) is 11.1 Å². The van der Waals surface area contributed by atoms with E-state index in [1.165, 1.54) is 12.3 Å². The van der Waals surface area contributed by atoms with E-state index in [0.29, 0.717) is 30.0 Å².